The minimum Gasteiger partial charge on any atom is -0.423 e. The monoisotopic (exact) mass is 281 g/mol. The van der Waals surface area contributed by atoms with Crippen LogP contribution in [0.25, 0.3) is 11.3 Å². The van der Waals surface area contributed by atoms with Crippen molar-refractivity contribution >= 4 is 12.6 Å². The topological polar surface area (TPSA) is 53.4 Å². The lowest BCUT2D eigenvalue weighted by molar-refractivity contribution is -0.137. The largest absolute Gasteiger partial charge is 0.488 e. The first-order chi connectivity index (χ1) is 9.29. The van der Waals surface area contributed by atoms with Crippen LogP contribution in [0.4, 0.5) is 13.2 Å². The second-order valence-corrected chi connectivity index (χ2v) is 4.37. The third-order valence-corrected chi connectivity index (χ3v) is 2.93. The van der Waals surface area contributed by atoms with Crippen LogP contribution in [0, 0.1) is 6.92 Å². The Bertz CT molecular complexity index is 612. The van der Waals surface area contributed by atoms with Crippen LogP contribution in [0.2, 0.25) is 0 Å². The lowest BCUT2D eigenvalue weighted by atomic mass is 9.77. The first kappa shape index (κ1) is 14.6. The summed E-state index contributed by atoms with van der Waals surface area (Å²) in [5, 5.41) is 18.4. The molecule has 1 heterocycles. The van der Waals surface area contributed by atoms with E-state index in [0.29, 0.717) is 16.8 Å². The predicted molar refractivity (Wildman–Crippen MR) is 69.2 cm³/mol. The Hall–Kier alpha value is -1.86. The number of nitrogens with zero attached hydrogens (tertiary/aromatic N) is 1. The maximum Gasteiger partial charge on any atom is 0.488 e. The van der Waals surface area contributed by atoms with Gasteiger partial charge in [-0.1, -0.05) is 12.1 Å². The molecule has 0 aliphatic carbocycles. The standard InChI is InChI=1S/C13H11BF3NO2/c1-8-7-18-12(6-11(8)14(19)20)9-2-4-10(5-3-9)13(15,16)17/h2-7,19-20H,1H3. The number of hydrogen-bond donors (Lipinski definition) is 2. The Labute approximate surface area is 113 Å². The highest BCUT2D eigenvalue weighted by Crippen LogP contribution is 2.30. The molecule has 1 aromatic heterocycles. The van der Waals surface area contributed by atoms with Crippen molar-refractivity contribution in [3.05, 3.63) is 47.7 Å². The molecule has 0 aliphatic rings. The molecule has 3 nitrogen and oxygen atoms in total. The lowest BCUT2D eigenvalue weighted by Gasteiger charge is -2.09. The van der Waals surface area contributed by atoms with Crippen LogP contribution in [0.5, 0.6) is 0 Å². The third-order valence-electron chi connectivity index (χ3n) is 2.93. The average molecular weight is 281 g/mol. The summed E-state index contributed by atoms with van der Waals surface area (Å²) in [6.07, 6.45) is -2.94. The van der Waals surface area contributed by atoms with Crippen molar-refractivity contribution in [1.82, 2.24) is 4.98 Å². The molecule has 0 spiro atoms. The second-order valence-electron chi connectivity index (χ2n) is 4.37. The minimum atomic E-state index is -4.38. The van der Waals surface area contributed by atoms with E-state index in [9.17, 15) is 23.2 Å². The van der Waals surface area contributed by atoms with E-state index in [1.165, 1.54) is 24.4 Å². The smallest absolute Gasteiger partial charge is 0.423 e. The predicted octanol–water partition coefficient (Wildman–Crippen LogP) is 1.76. The summed E-state index contributed by atoms with van der Waals surface area (Å²) < 4.78 is 37.4. The molecule has 0 saturated carbocycles. The fourth-order valence-electron chi connectivity index (χ4n) is 1.81. The van der Waals surface area contributed by atoms with E-state index in [0.717, 1.165) is 12.1 Å². The van der Waals surface area contributed by atoms with Crippen LogP contribution in [-0.2, 0) is 6.18 Å². The van der Waals surface area contributed by atoms with Gasteiger partial charge < -0.3 is 10.0 Å². The molecule has 0 aliphatic heterocycles. The summed E-state index contributed by atoms with van der Waals surface area (Å²) >= 11 is 0. The van der Waals surface area contributed by atoms with Gasteiger partial charge in [-0.2, -0.15) is 13.2 Å². The van der Waals surface area contributed by atoms with Crippen LogP contribution in [0.15, 0.2) is 36.5 Å². The number of benzene rings is 1. The molecule has 1 aromatic carbocycles. The second kappa shape index (κ2) is 5.26. The molecule has 0 fully saturated rings. The Kier molecular flexibility index (Phi) is 3.83. The van der Waals surface area contributed by atoms with Gasteiger partial charge in [0.15, 0.2) is 0 Å². The van der Waals surface area contributed by atoms with Gasteiger partial charge >= 0.3 is 13.3 Å². The zero-order valence-corrected chi connectivity index (χ0v) is 10.5. The van der Waals surface area contributed by atoms with Crippen molar-refractivity contribution < 1.29 is 23.2 Å². The molecular weight excluding hydrogens is 270 g/mol. The van der Waals surface area contributed by atoms with Gasteiger partial charge in [0.25, 0.3) is 0 Å². The van der Waals surface area contributed by atoms with Crippen LogP contribution in [0.3, 0.4) is 0 Å². The average Bonchev–Trinajstić information content (AvgIpc) is 2.38. The van der Waals surface area contributed by atoms with Crippen molar-refractivity contribution in [2.45, 2.75) is 13.1 Å². The van der Waals surface area contributed by atoms with Crippen molar-refractivity contribution in [2.24, 2.45) is 0 Å². The Morgan fingerprint density at radius 2 is 1.70 bits per heavy atom. The van der Waals surface area contributed by atoms with Crippen LogP contribution in [0.1, 0.15) is 11.1 Å². The molecule has 2 rings (SSSR count). The minimum absolute atomic E-state index is 0.273. The number of alkyl halides is 3. The fourth-order valence-corrected chi connectivity index (χ4v) is 1.81. The summed E-state index contributed by atoms with van der Waals surface area (Å²) in [6.45, 7) is 1.66. The van der Waals surface area contributed by atoms with E-state index < -0.39 is 18.9 Å². The normalized spacial score (nSPS) is 11.5. The van der Waals surface area contributed by atoms with E-state index in [2.05, 4.69) is 4.98 Å². The van der Waals surface area contributed by atoms with Gasteiger partial charge in [-0.3, -0.25) is 4.98 Å². The Morgan fingerprint density at radius 3 is 2.20 bits per heavy atom. The van der Waals surface area contributed by atoms with Crippen LogP contribution in [-0.4, -0.2) is 22.2 Å². The van der Waals surface area contributed by atoms with Gasteiger partial charge in [-0.05, 0) is 36.1 Å². The first-order valence-corrected chi connectivity index (χ1v) is 5.79. The fraction of sp³-hybridized carbons (Fsp3) is 0.154. The highest BCUT2D eigenvalue weighted by Gasteiger charge is 2.30. The van der Waals surface area contributed by atoms with E-state index in [1.807, 2.05) is 0 Å². The van der Waals surface area contributed by atoms with Gasteiger partial charge in [0.05, 0.1) is 11.3 Å². The summed E-state index contributed by atoms with van der Waals surface area (Å²) in [5.41, 5.74) is 0.980. The molecule has 0 radical (unpaired) electrons. The van der Waals surface area contributed by atoms with Crippen molar-refractivity contribution in [2.75, 3.05) is 0 Å². The quantitative estimate of drug-likeness (QED) is 0.825. The summed E-state index contributed by atoms with van der Waals surface area (Å²) in [5.74, 6) is 0. The van der Waals surface area contributed by atoms with Crippen molar-refractivity contribution in [1.29, 1.82) is 0 Å². The van der Waals surface area contributed by atoms with E-state index >= 15 is 0 Å². The zero-order chi connectivity index (χ0) is 14.9. The van der Waals surface area contributed by atoms with Gasteiger partial charge in [0.2, 0.25) is 0 Å². The molecule has 2 aromatic rings. The van der Waals surface area contributed by atoms with Gasteiger partial charge in [-0.25, -0.2) is 0 Å². The highest BCUT2D eigenvalue weighted by molar-refractivity contribution is 6.59. The molecule has 104 valence electrons. The molecule has 2 N–H and O–H groups in total. The first-order valence-electron chi connectivity index (χ1n) is 5.79. The molecule has 7 heteroatoms. The van der Waals surface area contributed by atoms with Crippen LogP contribution >= 0.6 is 0 Å². The van der Waals surface area contributed by atoms with Crippen molar-refractivity contribution in [3.63, 3.8) is 0 Å². The molecular formula is C13H11BF3NO2. The van der Waals surface area contributed by atoms with Gasteiger partial charge in [0, 0.05) is 11.8 Å². The molecule has 0 amide bonds. The van der Waals surface area contributed by atoms with E-state index in [4.69, 9.17) is 0 Å². The summed E-state index contributed by atoms with van der Waals surface area (Å²) in [7, 11) is -1.65. The highest BCUT2D eigenvalue weighted by atomic mass is 19.4. The van der Waals surface area contributed by atoms with E-state index in [-0.39, 0.29) is 5.46 Å². The zero-order valence-electron chi connectivity index (χ0n) is 10.5. The molecule has 0 saturated heterocycles. The number of halogens is 3. The number of pyridine rings is 1. The van der Waals surface area contributed by atoms with Gasteiger partial charge in [-0.15, -0.1) is 0 Å². The molecule has 20 heavy (non-hydrogen) atoms. The molecule has 0 unspecified atom stereocenters. The molecule has 0 atom stereocenters. The Balaban J connectivity index is 2.40. The van der Waals surface area contributed by atoms with Gasteiger partial charge in [0.1, 0.15) is 0 Å². The summed E-state index contributed by atoms with van der Waals surface area (Å²) in [6, 6.07) is 5.97. The number of hydrogen-bond acceptors (Lipinski definition) is 3. The molecule has 0 bridgehead atoms. The Morgan fingerprint density at radius 1 is 1.10 bits per heavy atom. The van der Waals surface area contributed by atoms with Crippen molar-refractivity contribution in [3.8, 4) is 11.3 Å². The van der Waals surface area contributed by atoms with E-state index in [1.54, 1.807) is 6.92 Å². The maximum absolute atomic E-state index is 12.5. The SMILES string of the molecule is Cc1cnc(-c2ccc(C(F)(F)F)cc2)cc1B(O)O. The number of aryl methyl sites for hydroxylation is 1. The maximum atomic E-state index is 12.5. The lowest BCUT2D eigenvalue weighted by Crippen LogP contribution is -2.32. The van der Waals surface area contributed by atoms with Crippen LogP contribution < -0.4 is 5.46 Å². The number of rotatable bonds is 2. The third kappa shape index (κ3) is 3.00. The summed E-state index contributed by atoms with van der Waals surface area (Å²) in [4.78, 5) is 4.08. The number of aromatic nitrogens is 1.